The van der Waals surface area contributed by atoms with Gasteiger partial charge in [0.05, 0.1) is 29.5 Å². The summed E-state index contributed by atoms with van der Waals surface area (Å²) in [5.74, 6) is 0.709. The molecule has 0 unspecified atom stereocenters. The molecule has 1 amide bonds. The van der Waals surface area contributed by atoms with Crippen LogP contribution in [0.3, 0.4) is 0 Å². The van der Waals surface area contributed by atoms with Crippen molar-refractivity contribution in [2.45, 2.75) is 11.7 Å². The van der Waals surface area contributed by atoms with Gasteiger partial charge in [0.25, 0.3) is 5.56 Å². The van der Waals surface area contributed by atoms with Gasteiger partial charge >= 0.3 is 0 Å². The predicted octanol–water partition coefficient (Wildman–Crippen LogP) is 3.09. The first-order valence-corrected chi connectivity index (χ1v) is 9.42. The first-order chi connectivity index (χ1) is 13.1. The lowest BCUT2D eigenvalue weighted by molar-refractivity contribution is -0.118. The molecule has 0 aliphatic heterocycles. The number of hydrogen-bond acceptors (Lipinski definition) is 5. The molecule has 4 aromatic rings. The molecule has 2 aromatic heterocycles. The van der Waals surface area contributed by atoms with E-state index in [1.807, 2.05) is 36.4 Å². The summed E-state index contributed by atoms with van der Waals surface area (Å²) < 4.78 is 6.67. The number of aromatic nitrogens is 2. The number of amides is 1. The molecule has 7 heteroatoms. The van der Waals surface area contributed by atoms with E-state index in [0.29, 0.717) is 28.4 Å². The van der Waals surface area contributed by atoms with Gasteiger partial charge in [0.15, 0.2) is 5.16 Å². The molecule has 0 aliphatic carbocycles. The van der Waals surface area contributed by atoms with Gasteiger partial charge in [0.2, 0.25) is 5.91 Å². The van der Waals surface area contributed by atoms with Crippen LogP contribution < -0.4 is 10.9 Å². The minimum Gasteiger partial charge on any atom is -0.467 e. The summed E-state index contributed by atoms with van der Waals surface area (Å²) in [4.78, 5) is 29.4. The second-order valence-corrected chi connectivity index (χ2v) is 7.06. The Bertz CT molecular complexity index is 1180. The van der Waals surface area contributed by atoms with Crippen LogP contribution in [0, 0.1) is 0 Å². The molecule has 0 saturated carbocycles. The molecule has 2 heterocycles. The van der Waals surface area contributed by atoms with E-state index in [4.69, 9.17) is 4.42 Å². The fourth-order valence-corrected chi connectivity index (χ4v) is 3.65. The maximum atomic E-state index is 12.7. The number of furan rings is 1. The van der Waals surface area contributed by atoms with E-state index in [-0.39, 0.29) is 17.2 Å². The number of nitrogens with one attached hydrogen (secondary N) is 1. The zero-order valence-corrected chi connectivity index (χ0v) is 15.5. The monoisotopic (exact) mass is 379 g/mol. The number of carbonyl (C=O) groups excluding carboxylic acids is 1. The highest BCUT2D eigenvalue weighted by atomic mass is 32.2. The van der Waals surface area contributed by atoms with Gasteiger partial charge in [0.1, 0.15) is 5.76 Å². The second kappa shape index (κ2) is 7.28. The van der Waals surface area contributed by atoms with Gasteiger partial charge in [0, 0.05) is 7.05 Å². The van der Waals surface area contributed by atoms with Gasteiger partial charge in [-0.2, -0.15) is 0 Å². The van der Waals surface area contributed by atoms with E-state index >= 15 is 0 Å². The van der Waals surface area contributed by atoms with Gasteiger partial charge in [-0.1, -0.05) is 36.0 Å². The Labute approximate surface area is 159 Å². The number of benzene rings is 2. The van der Waals surface area contributed by atoms with E-state index in [1.54, 1.807) is 25.4 Å². The summed E-state index contributed by atoms with van der Waals surface area (Å²) in [7, 11) is 1.67. The summed E-state index contributed by atoms with van der Waals surface area (Å²) >= 11 is 1.24. The van der Waals surface area contributed by atoms with Gasteiger partial charge in [-0.3, -0.25) is 14.2 Å². The zero-order chi connectivity index (χ0) is 18.8. The quantitative estimate of drug-likeness (QED) is 0.328. The number of nitrogens with zero attached hydrogens (tertiary/aromatic N) is 2. The average Bonchev–Trinajstić information content (AvgIpc) is 3.20. The van der Waals surface area contributed by atoms with Crippen molar-refractivity contribution >= 4 is 39.3 Å². The summed E-state index contributed by atoms with van der Waals surface area (Å²) in [6, 6.07) is 15.2. The van der Waals surface area contributed by atoms with Crippen LogP contribution in [-0.2, 0) is 18.4 Å². The minimum atomic E-state index is -0.149. The Kier molecular flexibility index (Phi) is 4.68. The van der Waals surface area contributed by atoms with Crippen LogP contribution in [0.2, 0.25) is 0 Å². The zero-order valence-electron chi connectivity index (χ0n) is 14.6. The number of thioether (sulfide) groups is 1. The van der Waals surface area contributed by atoms with Crippen LogP contribution in [0.25, 0.3) is 21.7 Å². The molecule has 0 saturated heterocycles. The molecule has 0 spiro atoms. The van der Waals surface area contributed by atoms with Crippen LogP contribution in [0.1, 0.15) is 5.76 Å². The predicted molar refractivity (Wildman–Crippen MR) is 106 cm³/mol. The van der Waals surface area contributed by atoms with Crippen LogP contribution in [-0.4, -0.2) is 21.2 Å². The third-order valence-electron chi connectivity index (χ3n) is 4.27. The van der Waals surface area contributed by atoms with Crippen molar-refractivity contribution in [3.05, 3.63) is 70.9 Å². The first kappa shape index (κ1) is 17.4. The summed E-state index contributed by atoms with van der Waals surface area (Å²) in [5, 5.41) is 5.89. The van der Waals surface area contributed by atoms with Crippen molar-refractivity contribution in [1.29, 1.82) is 0 Å². The fraction of sp³-hybridized carbons (Fsp3) is 0.150. The SMILES string of the molecule is Cn1c(SCC(=O)NCc2ccco2)nc2cc3ccccc3cc2c1=O. The smallest absolute Gasteiger partial charge is 0.261 e. The third kappa shape index (κ3) is 3.59. The largest absolute Gasteiger partial charge is 0.467 e. The maximum Gasteiger partial charge on any atom is 0.261 e. The van der Waals surface area contributed by atoms with Gasteiger partial charge in [-0.25, -0.2) is 4.98 Å². The van der Waals surface area contributed by atoms with Crippen LogP contribution in [0.15, 0.2) is 69.2 Å². The normalized spacial score (nSPS) is 11.1. The van der Waals surface area contributed by atoms with Crippen molar-refractivity contribution in [3.8, 4) is 0 Å². The molecule has 0 fully saturated rings. The maximum absolute atomic E-state index is 12.7. The van der Waals surface area contributed by atoms with Gasteiger partial charge in [-0.15, -0.1) is 0 Å². The van der Waals surface area contributed by atoms with Crippen molar-refractivity contribution < 1.29 is 9.21 Å². The van der Waals surface area contributed by atoms with Crippen molar-refractivity contribution in [3.63, 3.8) is 0 Å². The highest BCUT2D eigenvalue weighted by molar-refractivity contribution is 7.99. The van der Waals surface area contributed by atoms with E-state index in [0.717, 1.165) is 10.8 Å². The second-order valence-electron chi connectivity index (χ2n) is 6.12. The van der Waals surface area contributed by atoms with Gasteiger partial charge in [-0.05, 0) is 35.0 Å². The molecule has 2 aromatic carbocycles. The van der Waals surface area contributed by atoms with Crippen LogP contribution in [0.5, 0.6) is 0 Å². The molecular weight excluding hydrogens is 362 g/mol. The number of rotatable bonds is 5. The Morgan fingerprint density at radius 1 is 1.19 bits per heavy atom. The topological polar surface area (TPSA) is 77.1 Å². The third-order valence-corrected chi connectivity index (χ3v) is 5.30. The van der Waals surface area contributed by atoms with E-state index in [9.17, 15) is 9.59 Å². The summed E-state index contributed by atoms with van der Waals surface area (Å²) in [5.41, 5.74) is 0.513. The first-order valence-electron chi connectivity index (χ1n) is 8.43. The molecule has 136 valence electrons. The summed E-state index contributed by atoms with van der Waals surface area (Å²) in [6.07, 6.45) is 1.56. The highest BCUT2D eigenvalue weighted by Gasteiger charge is 2.12. The molecule has 0 aliphatic rings. The lowest BCUT2D eigenvalue weighted by Gasteiger charge is -2.09. The number of carbonyl (C=O) groups is 1. The standard InChI is InChI=1S/C20H17N3O3S/c1-23-19(25)16-9-13-5-2-3-6-14(13)10-17(16)22-20(23)27-12-18(24)21-11-15-7-4-8-26-15/h2-10H,11-12H2,1H3,(H,21,24). The van der Waals surface area contributed by atoms with Gasteiger partial charge < -0.3 is 9.73 Å². The number of hydrogen-bond donors (Lipinski definition) is 1. The number of fused-ring (bicyclic) bond motifs is 2. The molecule has 27 heavy (non-hydrogen) atoms. The lowest BCUT2D eigenvalue weighted by Crippen LogP contribution is -2.25. The molecule has 0 bridgehead atoms. The molecule has 4 rings (SSSR count). The highest BCUT2D eigenvalue weighted by Crippen LogP contribution is 2.22. The van der Waals surface area contributed by atoms with E-state index < -0.39 is 0 Å². The van der Waals surface area contributed by atoms with E-state index in [1.165, 1.54) is 16.3 Å². The lowest BCUT2D eigenvalue weighted by atomic mass is 10.1. The van der Waals surface area contributed by atoms with Crippen LogP contribution in [0.4, 0.5) is 0 Å². The average molecular weight is 379 g/mol. The molecular formula is C20H17N3O3S. The molecule has 6 nitrogen and oxygen atoms in total. The summed E-state index contributed by atoms with van der Waals surface area (Å²) in [6.45, 7) is 0.336. The Balaban J connectivity index is 1.56. The Hall–Kier alpha value is -3.06. The Morgan fingerprint density at radius 2 is 1.96 bits per heavy atom. The molecule has 0 radical (unpaired) electrons. The van der Waals surface area contributed by atoms with Crippen molar-refractivity contribution in [1.82, 2.24) is 14.9 Å². The minimum absolute atomic E-state index is 0.121. The van der Waals surface area contributed by atoms with E-state index in [2.05, 4.69) is 10.3 Å². The van der Waals surface area contributed by atoms with Crippen LogP contribution >= 0.6 is 11.8 Å². The Morgan fingerprint density at radius 3 is 2.70 bits per heavy atom. The fourth-order valence-electron chi connectivity index (χ4n) is 2.85. The van der Waals surface area contributed by atoms with Crippen molar-refractivity contribution in [2.75, 3.05) is 5.75 Å². The molecule has 0 atom stereocenters. The molecule has 1 N–H and O–H groups in total. The van der Waals surface area contributed by atoms with Crippen molar-refractivity contribution in [2.24, 2.45) is 7.05 Å².